The van der Waals surface area contributed by atoms with Gasteiger partial charge < -0.3 is 19.2 Å². The van der Waals surface area contributed by atoms with Gasteiger partial charge in [-0.15, -0.1) is 0 Å². The third-order valence-electron chi connectivity index (χ3n) is 3.74. The van der Waals surface area contributed by atoms with Crippen LogP contribution in [-0.4, -0.2) is 23.6 Å². The van der Waals surface area contributed by atoms with Crippen LogP contribution >= 0.6 is 0 Å². The maximum Gasteiger partial charge on any atom is 0.269 e. The maximum atomic E-state index is 14.2. The maximum absolute atomic E-state index is 14.2. The molecule has 1 amide bonds. The number of carbonyl (C=O) groups is 1. The van der Waals surface area contributed by atoms with Gasteiger partial charge >= 0.3 is 0 Å². The minimum Gasteiger partial charge on any atom is -0.485 e. The topological polar surface area (TPSA) is 73.6 Å². The van der Waals surface area contributed by atoms with E-state index >= 15 is 0 Å². The zero-order valence-electron chi connectivity index (χ0n) is 12.9. The van der Waals surface area contributed by atoms with Crippen LogP contribution in [0.5, 0.6) is 11.5 Å². The van der Waals surface area contributed by atoms with Crippen LogP contribution in [0.3, 0.4) is 0 Å². The molecular weight excluding hydrogens is 327 g/mol. The zero-order valence-corrected chi connectivity index (χ0v) is 12.9. The van der Waals surface area contributed by atoms with Gasteiger partial charge in [0.1, 0.15) is 12.4 Å². The highest BCUT2D eigenvalue weighted by atomic mass is 19.1. The first-order valence-corrected chi connectivity index (χ1v) is 7.58. The number of rotatable bonds is 3. The fourth-order valence-corrected chi connectivity index (χ4v) is 2.51. The largest absolute Gasteiger partial charge is 0.485 e. The molecule has 1 aromatic heterocycles. The minimum atomic E-state index is -0.813. The standard InChI is InChI=1S/C18H13FN2O4/c19-13-7-11(5-6-12(13)16-8-20-10-24-16)21-18(22)17-9-23-14-3-1-2-4-15(14)25-17/h1-8,10,17H,9H2,(H,21,22). The Kier molecular flexibility index (Phi) is 3.81. The number of aromatic nitrogens is 1. The Morgan fingerprint density at radius 1 is 1.20 bits per heavy atom. The van der Waals surface area contributed by atoms with E-state index in [1.807, 2.05) is 6.07 Å². The molecule has 2 aromatic carbocycles. The Morgan fingerprint density at radius 2 is 2.04 bits per heavy atom. The number of ether oxygens (including phenoxy) is 2. The summed E-state index contributed by atoms with van der Waals surface area (Å²) in [5, 5.41) is 2.63. The molecular formula is C18H13FN2O4. The predicted octanol–water partition coefficient (Wildman–Crippen LogP) is 3.26. The predicted molar refractivity (Wildman–Crippen MR) is 86.9 cm³/mol. The molecule has 0 saturated heterocycles. The Labute approximate surface area is 142 Å². The second-order valence-corrected chi connectivity index (χ2v) is 5.41. The van der Waals surface area contributed by atoms with E-state index in [0.717, 1.165) is 0 Å². The Morgan fingerprint density at radius 3 is 2.80 bits per heavy atom. The number of carbonyl (C=O) groups excluding carboxylic acids is 1. The lowest BCUT2D eigenvalue weighted by molar-refractivity contribution is -0.125. The number of nitrogens with one attached hydrogen (secondary N) is 1. The first-order chi connectivity index (χ1) is 12.2. The average molecular weight is 340 g/mol. The monoisotopic (exact) mass is 340 g/mol. The number of fused-ring (bicyclic) bond motifs is 1. The normalized spacial score (nSPS) is 15.6. The summed E-state index contributed by atoms with van der Waals surface area (Å²) in [6.07, 6.45) is 1.83. The Bertz CT molecular complexity index is 911. The van der Waals surface area contributed by atoms with E-state index in [2.05, 4.69) is 10.3 Å². The lowest BCUT2D eigenvalue weighted by Gasteiger charge is -2.25. The third-order valence-corrected chi connectivity index (χ3v) is 3.74. The second kappa shape index (κ2) is 6.27. The molecule has 1 aliphatic heterocycles. The van der Waals surface area contributed by atoms with Gasteiger partial charge in [0, 0.05) is 5.69 Å². The smallest absolute Gasteiger partial charge is 0.269 e. The molecule has 1 atom stereocenters. The summed E-state index contributed by atoms with van der Waals surface area (Å²) in [5.74, 6) is 0.466. The van der Waals surface area contributed by atoms with Gasteiger partial charge in [0.25, 0.3) is 5.91 Å². The minimum absolute atomic E-state index is 0.0848. The quantitative estimate of drug-likeness (QED) is 0.792. The van der Waals surface area contributed by atoms with Crippen LogP contribution in [0.1, 0.15) is 0 Å². The summed E-state index contributed by atoms with van der Waals surface area (Å²) in [4.78, 5) is 16.1. The summed E-state index contributed by atoms with van der Waals surface area (Å²) < 4.78 is 30.4. The van der Waals surface area contributed by atoms with Gasteiger partial charge in [0.2, 0.25) is 6.10 Å². The number of nitrogens with zero attached hydrogens (tertiary/aromatic N) is 1. The van der Waals surface area contributed by atoms with Crippen molar-refractivity contribution in [2.24, 2.45) is 0 Å². The highest BCUT2D eigenvalue weighted by Crippen LogP contribution is 2.31. The molecule has 3 aromatic rings. The molecule has 1 N–H and O–H groups in total. The highest BCUT2D eigenvalue weighted by Gasteiger charge is 2.27. The van der Waals surface area contributed by atoms with Crippen molar-refractivity contribution in [3.05, 3.63) is 60.9 Å². The lowest BCUT2D eigenvalue weighted by Crippen LogP contribution is -2.40. The van der Waals surface area contributed by atoms with Crippen molar-refractivity contribution in [3.63, 3.8) is 0 Å². The van der Waals surface area contributed by atoms with Crippen LogP contribution in [0.15, 0.2) is 59.5 Å². The molecule has 1 unspecified atom stereocenters. The molecule has 4 rings (SSSR count). The van der Waals surface area contributed by atoms with Crippen molar-refractivity contribution in [3.8, 4) is 22.8 Å². The van der Waals surface area contributed by atoms with E-state index in [9.17, 15) is 9.18 Å². The van der Waals surface area contributed by atoms with Gasteiger partial charge in [-0.2, -0.15) is 0 Å². The van der Waals surface area contributed by atoms with Gasteiger partial charge in [-0.3, -0.25) is 4.79 Å². The Balaban J connectivity index is 1.47. The van der Waals surface area contributed by atoms with Gasteiger partial charge in [-0.1, -0.05) is 12.1 Å². The summed E-state index contributed by atoms with van der Waals surface area (Å²) >= 11 is 0. The highest BCUT2D eigenvalue weighted by molar-refractivity contribution is 5.95. The fraction of sp³-hybridized carbons (Fsp3) is 0.111. The second-order valence-electron chi connectivity index (χ2n) is 5.41. The molecule has 126 valence electrons. The van der Waals surface area contributed by atoms with E-state index < -0.39 is 17.8 Å². The van der Waals surface area contributed by atoms with Crippen molar-refractivity contribution < 1.29 is 23.1 Å². The number of hydrogen-bond donors (Lipinski definition) is 1. The first-order valence-electron chi connectivity index (χ1n) is 7.58. The van der Waals surface area contributed by atoms with Crippen molar-refractivity contribution in [2.75, 3.05) is 11.9 Å². The van der Waals surface area contributed by atoms with Crippen LogP contribution in [0.25, 0.3) is 11.3 Å². The van der Waals surface area contributed by atoms with Crippen molar-refractivity contribution >= 4 is 11.6 Å². The van der Waals surface area contributed by atoms with Gasteiger partial charge in [0.05, 0.1) is 11.8 Å². The molecule has 6 nitrogen and oxygen atoms in total. The molecule has 25 heavy (non-hydrogen) atoms. The zero-order chi connectivity index (χ0) is 17.2. The van der Waals surface area contributed by atoms with Crippen LogP contribution in [0.2, 0.25) is 0 Å². The average Bonchev–Trinajstić information content (AvgIpc) is 3.15. The molecule has 0 fully saturated rings. The fourth-order valence-electron chi connectivity index (χ4n) is 2.51. The summed E-state index contributed by atoms with van der Waals surface area (Å²) in [5.41, 5.74) is 0.579. The van der Waals surface area contributed by atoms with Crippen molar-refractivity contribution in [2.45, 2.75) is 6.10 Å². The number of oxazole rings is 1. The molecule has 0 saturated carbocycles. The molecule has 7 heteroatoms. The molecule has 0 aliphatic carbocycles. The number of halogens is 1. The first kappa shape index (κ1) is 15.2. The third kappa shape index (κ3) is 3.03. The molecule has 2 heterocycles. The van der Waals surface area contributed by atoms with Crippen LogP contribution in [-0.2, 0) is 4.79 Å². The van der Waals surface area contributed by atoms with E-state index in [1.54, 1.807) is 24.3 Å². The number of para-hydroxylation sites is 2. The van der Waals surface area contributed by atoms with Gasteiger partial charge in [0.15, 0.2) is 23.7 Å². The SMILES string of the molecule is O=C(Nc1ccc(-c2cnco2)c(F)c1)C1COc2ccccc2O1. The van der Waals surface area contributed by atoms with Crippen LogP contribution < -0.4 is 14.8 Å². The van der Waals surface area contributed by atoms with Crippen molar-refractivity contribution in [1.29, 1.82) is 0 Å². The summed E-state index contributed by atoms with van der Waals surface area (Å²) in [7, 11) is 0. The number of benzene rings is 2. The van der Waals surface area contributed by atoms with Crippen molar-refractivity contribution in [1.82, 2.24) is 4.98 Å². The van der Waals surface area contributed by atoms with E-state index in [4.69, 9.17) is 13.9 Å². The molecule has 1 aliphatic rings. The van der Waals surface area contributed by atoms with E-state index in [-0.39, 0.29) is 12.2 Å². The van der Waals surface area contributed by atoms with Gasteiger partial charge in [-0.05, 0) is 30.3 Å². The molecule has 0 spiro atoms. The van der Waals surface area contributed by atoms with Gasteiger partial charge in [-0.25, -0.2) is 9.37 Å². The molecule has 0 radical (unpaired) electrons. The summed E-state index contributed by atoms with van der Waals surface area (Å²) in [6, 6.07) is 11.4. The van der Waals surface area contributed by atoms with Crippen LogP contribution in [0.4, 0.5) is 10.1 Å². The van der Waals surface area contributed by atoms with E-state index in [1.165, 1.54) is 24.7 Å². The number of hydrogen-bond acceptors (Lipinski definition) is 5. The number of anilines is 1. The number of amides is 1. The Hall–Kier alpha value is -3.35. The van der Waals surface area contributed by atoms with Crippen LogP contribution in [0, 0.1) is 5.82 Å². The summed E-state index contributed by atoms with van der Waals surface area (Å²) in [6.45, 7) is 0.0848. The molecule has 0 bridgehead atoms. The van der Waals surface area contributed by atoms with E-state index in [0.29, 0.717) is 22.9 Å². The lowest BCUT2D eigenvalue weighted by atomic mass is 10.1.